The molecule has 0 saturated carbocycles. The van der Waals surface area contributed by atoms with Crippen LogP contribution >= 0.6 is 15.9 Å². The first kappa shape index (κ1) is 18.8. The highest BCUT2D eigenvalue weighted by Crippen LogP contribution is 2.25. The molecule has 0 aliphatic carbocycles. The van der Waals surface area contributed by atoms with Crippen molar-refractivity contribution in [3.05, 3.63) is 52.5 Å². The summed E-state index contributed by atoms with van der Waals surface area (Å²) in [5, 5.41) is 2.68. The fraction of sp³-hybridized carbons (Fsp3) is 0.222. The van der Waals surface area contributed by atoms with Gasteiger partial charge in [0.2, 0.25) is 0 Å². The predicted octanol–water partition coefficient (Wildman–Crippen LogP) is 3.65. The first-order valence-corrected chi connectivity index (χ1v) is 8.23. The molecule has 1 N–H and O–H groups in total. The summed E-state index contributed by atoms with van der Waals surface area (Å²) >= 11 is 3.32. The summed E-state index contributed by atoms with van der Waals surface area (Å²) < 4.78 is 16.4. The molecule has 1 amide bonds. The van der Waals surface area contributed by atoms with Gasteiger partial charge in [-0.05, 0) is 49.4 Å². The Labute approximate surface area is 154 Å². The fourth-order valence-electron chi connectivity index (χ4n) is 2.03. The quantitative estimate of drug-likeness (QED) is 0.739. The van der Waals surface area contributed by atoms with Crippen molar-refractivity contribution >= 4 is 33.5 Å². The van der Waals surface area contributed by atoms with E-state index in [9.17, 15) is 9.59 Å². The van der Waals surface area contributed by atoms with Crippen molar-refractivity contribution in [2.45, 2.75) is 13.0 Å². The second-order valence-electron chi connectivity index (χ2n) is 5.11. The number of carbonyl (C=O) groups is 2. The summed E-state index contributed by atoms with van der Waals surface area (Å²) in [6.45, 7) is 1.50. The molecular formula is C18H18BrNO5. The maximum atomic E-state index is 12.4. The van der Waals surface area contributed by atoms with Crippen LogP contribution in [0.3, 0.4) is 0 Å². The average molecular weight is 408 g/mol. The minimum Gasteiger partial charge on any atom is -0.497 e. The van der Waals surface area contributed by atoms with Gasteiger partial charge in [-0.1, -0.05) is 15.9 Å². The van der Waals surface area contributed by atoms with E-state index in [-0.39, 0.29) is 5.56 Å². The Morgan fingerprint density at radius 3 is 2.32 bits per heavy atom. The van der Waals surface area contributed by atoms with Crippen LogP contribution in [0.2, 0.25) is 0 Å². The number of anilines is 1. The van der Waals surface area contributed by atoms with E-state index < -0.39 is 18.0 Å². The van der Waals surface area contributed by atoms with Crippen molar-refractivity contribution in [2.24, 2.45) is 0 Å². The van der Waals surface area contributed by atoms with Crippen LogP contribution in [0.5, 0.6) is 11.5 Å². The third kappa shape index (κ3) is 4.96. The van der Waals surface area contributed by atoms with E-state index in [1.54, 1.807) is 36.4 Å². The molecule has 0 radical (unpaired) electrons. The molecule has 0 aliphatic rings. The number of carbonyl (C=O) groups excluding carboxylic acids is 2. The lowest BCUT2D eigenvalue weighted by atomic mass is 10.2. The van der Waals surface area contributed by atoms with Crippen molar-refractivity contribution in [2.75, 3.05) is 19.5 Å². The fourth-order valence-corrected chi connectivity index (χ4v) is 2.29. The zero-order valence-corrected chi connectivity index (χ0v) is 15.6. The van der Waals surface area contributed by atoms with Gasteiger partial charge < -0.3 is 19.5 Å². The van der Waals surface area contributed by atoms with E-state index in [0.29, 0.717) is 17.2 Å². The van der Waals surface area contributed by atoms with Crippen molar-refractivity contribution in [3.63, 3.8) is 0 Å². The van der Waals surface area contributed by atoms with Gasteiger partial charge in [-0.3, -0.25) is 4.79 Å². The maximum absolute atomic E-state index is 12.4. The second-order valence-corrected chi connectivity index (χ2v) is 6.03. The molecule has 0 fully saturated rings. The highest BCUT2D eigenvalue weighted by Gasteiger charge is 2.22. The van der Waals surface area contributed by atoms with E-state index in [1.165, 1.54) is 27.2 Å². The molecule has 0 unspecified atom stereocenters. The Morgan fingerprint density at radius 1 is 1.04 bits per heavy atom. The molecule has 0 spiro atoms. The Balaban J connectivity index is 2.06. The normalized spacial score (nSPS) is 11.4. The van der Waals surface area contributed by atoms with Crippen LogP contribution in [-0.4, -0.2) is 32.2 Å². The van der Waals surface area contributed by atoms with Crippen LogP contribution in [0.15, 0.2) is 46.9 Å². The number of halogens is 1. The maximum Gasteiger partial charge on any atom is 0.342 e. The molecule has 0 aromatic heterocycles. The average Bonchev–Trinajstić information content (AvgIpc) is 2.62. The number of rotatable bonds is 6. The van der Waals surface area contributed by atoms with Crippen molar-refractivity contribution in [3.8, 4) is 11.5 Å². The van der Waals surface area contributed by atoms with Gasteiger partial charge >= 0.3 is 5.97 Å². The standard InChI is InChI=1S/C18H18BrNO5/c1-11(17(21)20-13-6-4-12(19)5-7-13)25-18(22)15-10-14(23-2)8-9-16(15)24-3/h4-11H,1-3H3,(H,20,21)/t11-/m1/s1. The van der Waals surface area contributed by atoms with Crippen LogP contribution in [0.1, 0.15) is 17.3 Å². The third-order valence-corrected chi connectivity index (χ3v) is 3.92. The SMILES string of the molecule is COc1ccc(OC)c(C(=O)O[C@H](C)C(=O)Nc2ccc(Br)cc2)c1. The summed E-state index contributed by atoms with van der Waals surface area (Å²) in [4.78, 5) is 24.5. The lowest BCUT2D eigenvalue weighted by molar-refractivity contribution is -0.123. The highest BCUT2D eigenvalue weighted by molar-refractivity contribution is 9.10. The lowest BCUT2D eigenvalue weighted by Crippen LogP contribution is -2.30. The summed E-state index contributed by atoms with van der Waals surface area (Å²) in [6, 6.07) is 11.8. The zero-order valence-electron chi connectivity index (χ0n) is 14.0. The number of amides is 1. The molecule has 0 aliphatic heterocycles. The van der Waals surface area contributed by atoms with E-state index >= 15 is 0 Å². The third-order valence-electron chi connectivity index (χ3n) is 3.39. The minimum atomic E-state index is -0.980. The Kier molecular flexibility index (Phi) is 6.41. The zero-order chi connectivity index (χ0) is 18.4. The topological polar surface area (TPSA) is 73.9 Å². The van der Waals surface area contributed by atoms with E-state index in [1.807, 2.05) is 0 Å². The predicted molar refractivity (Wildman–Crippen MR) is 97.2 cm³/mol. The summed E-state index contributed by atoms with van der Waals surface area (Å²) in [5.41, 5.74) is 0.792. The number of hydrogen-bond acceptors (Lipinski definition) is 5. The summed E-state index contributed by atoms with van der Waals surface area (Å²) in [6.07, 6.45) is -0.980. The summed E-state index contributed by atoms with van der Waals surface area (Å²) in [7, 11) is 2.94. The molecule has 132 valence electrons. The van der Waals surface area contributed by atoms with Gasteiger partial charge in [-0.25, -0.2) is 4.79 Å². The Hall–Kier alpha value is -2.54. The molecule has 0 saturated heterocycles. The van der Waals surface area contributed by atoms with Crippen LogP contribution in [0.4, 0.5) is 5.69 Å². The van der Waals surface area contributed by atoms with Gasteiger partial charge in [0.05, 0.1) is 14.2 Å². The largest absolute Gasteiger partial charge is 0.497 e. The van der Waals surface area contributed by atoms with Gasteiger partial charge in [0.25, 0.3) is 5.91 Å². The van der Waals surface area contributed by atoms with E-state index in [2.05, 4.69) is 21.2 Å². The highest BCUT2D eigenvalue weighted by atomic mass is 79.9. The molecule has 2 aromatic carbocycles. The molecule has 0 heterocycles. The molecule has 2 aromatic rings. The van der Waals surface area contributed by atoms with Crippen LogP contribution in [0.25, 0.3) is 0 Å². The molecule has 2 rings (SSSR count). The lowest BCUT2D eigenvalue weighted by Gasteiger charge is -2.15. The monoisotopic (exact) mass is 407 g/mol. The van der Waals surface area contributed by atoms with Gasteiger partial charge in [0.15, 0.2) is 6.10 Å². The first-order valence-electron chi connectivity index (χ1n) is 7.44. The number of benzene rings is 2. The van der Waals surface area contributed by atoms with Crippen LogP contribution in [0, 0.1) is 0 Å². The molecule has 7 heteroatoms. The molecule has 1 atom stereocenters. The minimum absolute atomic E-state index is 0.185. The number of esters is 1. The number of methoxy groups -OCH3 is 2. The van der Waals surface area contributed by atoms with E-state index in [4.69, 9.17) is 14.2 Å². The number of ether oxygens (including phenoxy) is 3. The number of nitrogens with one attached hydrogen (secondary N) is 1. The van der Waals surface area contributed by atoms with Gasteiger partial charge in [0, 0.05) is 10.2 Å². The van der Waals surface area contributed by atoms with Crippen LogP contribution in [-0.2, 0) is 9.53 Å². The smallest absolute Gasteiger partial charge is 0.342 e. The van der Waals surface area contributed by atoms with E-state index in [0.717, 1.165) is 4.47 Å². The molecule has 6 nitrogen and oxygen atoms in total. The van der Waals surface area contributed by atoms with Crippen molar-refractivity contribution < 1.29 is 23.8 Å². The van der Waals surface area contributed by atoms with Gasteiger partial charge in [-0.15, -0.1) is 0 Å². The molecule has 0 bridgehead atoms. The van der Waals surface area contributed by atoms with Gasteiger partial charge in [0.1, 0.15) is 17.1 Å². The first-order chi connectivity index (χ1) is 11.9. The van der Waals surface area contributed by atoms with Gasteiger partial charge in [-0.2, -0.15) is 0 Å². The molecule has 25 heavy (non-hydrogen) atoms. The number of hydrogen-bond donors (Lipinski definition) is 1. The van der Waals surface area contributed by atoms with Crippen LogP contribution < -0.4 is 14.8 Å². The molecular weight excluding hydrogens is 390 g/mol. The second kappa shape index (κ2) is 8.53. The summed E-state index contributed by atoms with van der Waals surface area (Å²) in [5.74, 6) is -0.280. The Morgan fingerprint density at radius 2 is 1.72 bits per heavy atom. The van der Waals surface area contributed by atoms with Crippen molar-refractivity contribution in [1.82, 2.24) is 0 Å². The van der Waals surface area contributed by atoms with Crippen molar-refractivity contribution in [1.29, 1.82) is 0 Å². The Bertz CT molecular complexity index is 761.